The van der Waals surface area contributed by atoms with Crippen LogP contribution in [0.4, 0.5) is 52.7 Å². The monoisotopic (exact) mass is 1070 g/mol. The van der Waals surface area contributed by atoms with Gasteiger partial charge in [-0.25, -0.2) is 0 Å². The summed E-state index contributed by atoms with van der Waals surface area (Å²) in [6.07, 6.45) is -4.37. The van der Waals surface area contributed by atoms with Crippen molar-refractivity contribution in [1.29, 1.82) is 0 Å². The van der Waals surface area contributed by atoms with E-state index in [1.807, 2.05) is 31.2 Å². The fraction of sp³-hybridized carbons (Fsp3) is 0.440. The Morgan fingerprint density at radius 1 is 0.470 bits per heavy atom. The molecule has 0 bridgehead atoms. The van der Waals surface area contributed by atoms with Crippen LogP contribution < -0.4 is 0 Å². The molecule has 0 radical (unpaired) electrons. The number of fused-ring (bicyclic) bond motifs is 2. The van der Waals surface area contributed by atoms with Crippen LogP contribution in [0, 0.1) is 11.8 Å². The maximum atomic E-state index is 14.2. The number of hydrogen-bond acceptors (Lipinski definition) is 0. The van der Waals surface area contributed by atoms with Gasteiger partial charge in [0.1, 0.15) is 0 Å². The molecular weight excluding hydrogens is 1020 g/mol. The van der Waals surface area contributed by atoms with E-state index in [0.717, 1.165) is 111 Å². The first-order valence-corrected chi connectivity index (χ1v) is 35.8. The third-order valence-electron chi connectivity index (χ3n) is 14.5. The molecule has 16 heteroatoms. The van der Waals surface area contributed by atoms with Gasteiger partial charge in [-0.3, -0.25) is 0 Å². The molecule has 2 fully saturated rings. The molecule has 0 N–H and O–H groups in total. The molecule has 2 unspecified atom stereocenters. The van der Waals surface area contributed by atoms with E-state index in [2.05, 4.69) is 9.26 Å². The van der Waals surface area contributed by atoms with E-state index in [9.17, 15) is 52.7 Å². The maximum absolute atomic E-state index is 14.2. The molecule has 4 aromatic carbocycles. The Morgan fingerprint density at radius 3 is 1.06 bits per heavy atom. The summed E-state index contributed by atoms with van der Waals surface area (Å²) in [6, 6.07) is 13.8. The summed E-state index contributed by atoms with van der Waals surface area (Å²) in [5.41, 5.74) is -0.394. The number of benzene rings is 4. The van der Waals surface area contributed by atoms with Crippen LogP contribution in [0.3, 0.4) is 0 Å². The Bertz CT molecular complexity index is 2350. The van der Waals surface area contributed by atoms with Crippen LogP contribution in [0.15, 0.2) is 83.9 Å². The van der Waals surface area contributed by atoms with E-state index < -0.39 is 64.4 Å². The van der Waals surface area contributed by atoms with Crippen molar-refractivity contribution in [2.24, 2.45) is 11.8 Å². The van der Waals surface area contributed by atoms with Crippen molar-refractivity contribution in [3.63, 3.8) is 0 Å². The van der Waals surface area contributed by atoms with Crippen molar-refractivity contribution in [2.75, 3.05) is 0 Å². The molecule has 2 saturated carbocycles. The van der Waals surface area contributed by atoms with Gasteiger partial charge in [-0.1, -0.05) is 0 Å². The molecule has 0 spiro atoms. The summed E-state index contributed by atoms with van der Waals surface area (Å²) >= 11 is -4.71. The van der Waals surface area contributed by atoms with E-state index >= 15 is 0 Å². The summed E-state index contributed by atoms with van der Waals surface area (Å²) in [4.78, 5) is 0. The molecule has 4 aliphatic carbocycles. The topological polar surface area (TPSA) is 0 Å². The van der Waals surface area contributed by atoms with Crippen molar-refractivity contribution in [3.8, 4) is 22.3 Å². The number of rotatable bonds is 8. The van der Waals surface area contributed by atoms with Gasteiger partial charge in [0.2, 0.25) is 0 Å². The Labute approximate surface area is 392 Å². The van der Waals surface area contributed by atoms with Gasteiger partial charge >= 0.3 is 370 Å². The average Bonchev–Trinajstić information content (AvgIpc) is 3.79. The zero-order valence-electron chi connectivity index (χ0n) is 36.4. The Hall–Kier alpha value is -2.80. The predicted molar refractivity (Wildman–Crippen MR) is 242 cm³/mol. The van der Waals surface area contributed by atoms with Crippen molar-refractivity contribution >= 4 is 43.8 Å². The number of halogens is 14. The van der Waals surface area contributed by atoms with Crippen LogP contribution in [0.5, 0.6) is 0 Å². The van der Waals surface area contributed by atoms with Gasteiger partial charge in [0.15, 0.2) is 0 Å². The van der Waals surface area contributed by atoms with Gasteiger partial charge in [-0.2, -0.15) is 0 Å². The first kappa shape index (κ1) is 52.6. The summed E-state index contributed by atoms with van der Waals surface area (Å²) in [5, 5.41) is 0. The normalized spacial score (nSPS) is 19.9. The molecule has 0 amide bonds. The standard InChI is InChI=1S/2C24H21F6.2CH3.2ClH.H2Si.Zr/c2*25-23(26,27)19-12-18(13-20(14-19)24(28,29)30)21-8-4-7-17-10-16(11-22(17)21)9-15-5-2-1-3-6-15;;;;;;/h2*4,7-8,10-15H,1-3,5-6,9H2;2*1H3;2*1H;1H2;. The molecule has 4 aliphatic rings. The molecule has 2 atom stereocenters. The molecule has 0 aliphatic heterocycles. The van der Waals surface area contributed by atoms with Gasteiger partial charge in [0.05, 0.1) is 0 Å². The van der Waals surface area contributed by atoms with Crippen molar-refractivity contribution < 1.29 is 70.1 Å². The zero-order valence-corrected chi connectivity index (χ0v) is 41.9. The molecule has 358 valence electrons. The summed E-state index contributed by atoms with van der Waals surface area (Å²) < 4.78 is 175. The van der Waals surface area contributed by atoms with Crippen LogP contribution in [-0.2, 0) is 42.1 Å². The van der Waals surface area contributed by atoms with Crippen molar-refractivity contribution in [2.45, 2.75) is 118 Å². The average molecular weight is 1070 g/mol. The minimum absolute atomic E-state index is 0. The van der Waals surface area contributed by atoms with Crippen molar-refractivity contribution in [3.05, 3.63) is 128 Å². The van der Waals surface area contributed by atoms with Gasteiger partial charge < -0.3 is 0 Å². The molecule has 4 aromatic rings. The van der Waals surface area contributed by atoms with E-state index in [-0.39, 0.29) is 66.5 Å². The van der Waals surface area contributed by atoms with E-state index in [1.165, 1.54) is 0 Å². The second-order valence-corrected chi connectivity index (χ2v) is 50.3. The van der Waals surface area contributed by atoms with Crippen LogP contribution in [0.2, 0.25) is 9.26 Å². The fourth-order valence-electron chi connectivity index (χ4n) is 11.9. The van der Waals surface area contributed by atoms with Gasteiger partial charge in [0, 0.05) is 0 Å². The molecular formula is C50H52Cl2F12SiZr. The van der Waals surface area contributed by atoms with Crippen LogP contribution in [0.25, 0.3) is 34.4 Å². The zero-order chi connectivity index (χ0) is 46.2. The van der Waals surface area contributed by atoms with Crippen LogP contribution in [0.1, 0.15) is 129 Å². The molecule has 0 nitrogen and oxygen atoms in total. The fourth-order valence-corrected chi connectivity index (χ4v) is 31.6. The number of alkyl halides is 12. The summed E-state index contributed by atoms with van der Waals surface area (Å²) in [6.45, 7) is 1.99. The van der Waals surface area contributed by atoms with Gasteiger partial charge in [0.25, 0.3) is 0 Å². The third kappa shape index (κ3) is 10.5. The quantitative estimate of drug-likeness (QED) is 0.122. The Balaban J connectivity index is 0.00000360. The van der Waals surface area contributed by atoms with Gasteiger partial charge in [-0.15, -0.1) is 24.8 Å². The second kappa shape index (κ2) is 18.8. The third-order valence-corrected chi connectivity index (χ3v) is 32.0. The molecule has 8 rings (SSSR count). The molecule has 0 aromatic heterocycles. The minimum atomic E-state index is -5.04. The van der Waals surface area contributed by atoms with E-state index in [1.54, 1.807) is 24.3 Å². The first-order chi connectivity index (χ1) is 29.8. The van der Waals surface area contributed by atoms with Crippen molar-refractivity contribution in [1.82, 2.24) is 0 Å². The molecule has 0 heterocycles. The first-order valence-electron chi connectivity index (χ1n) is 22.1. The second-order valence-electron chi connectivity index (χ2n) is 19.9. The predicted octanol–water partition coefficient (Wildman–Crippen LogP) is 17.8. The SMILES string of the molecule is Cl.Cl.[CH3][Zr]([CH3])(=[SiH2])([CH]1C(CC2CCCCC2)=Cc2c(-c3cc(C(F)(F)F)cc(C(F)(F)F)c3)cccc21)[CH]1C(CC2CCCCC2)=Cc2c(-c3cc(C(F)(F)F)cc(C(F)(F)F)c3)cccc21. The summed E-state index contributed by atoms with van der Waals surface area (Å²) in [7, 11) is 0. The van der Waals surface area contributed by atoms with E-state index in [4.69, 9.17) is 0 Å². The van der Waals surface area contributed by atoms with Gasteiger partial charge in [-0.05, 0) is 0 Å². The molecule has 66 heavy (non-hydrogen) atoms. The van der Waals surface area contributed by atoms with E-state index in [0.29, 0.717) is 35.8 Å². The Morgan fingerprint density at radius 2 is 0.773 bits per heavy atom. The molecule has 0 saturated heterocycles. The summed E-state index contributed by atoms with van der Waals surface area (Å²) in [5.74, 6) is 0.645. The van der Waals surface area contributed by atoms with Crippen LogP contribution >= 0.6 is 24.8 Å². The number of hydrogen-bond donors (Lipinski definition) is 0. The number of allylic oxidation sites excluding steroid dienone is 2. The Kier molecular flexibility index (Phi) is 15.0. The van der Waals surface area contributed by atoms with Crippen LogP contribution in [-0.4, -0.2) is 6.88 Å².